The van der Waals surface area contributed by atoms with Crippen LogP contribution in [0.25, 0.3) is 28.1 Å². The highest BCUT2D eigenvalue weighted by Gasteiger charge is 2.27. The maximum absolute atomic E-state index is 12.6. The van der Waals surface area contributed by atoms with Crippen molar-refractivity contribution in [2.45, 2.75) is 25.9 Å². The maximum Gasteiger partial charge on any atom is 0.347 e. The number of imidazole rings is 1. The van der Waals surface area contributed by atoms with Crippen molar-refractivity contribution in [3.8, 4) is 11.3 Å². The molecular weight excluding hydrogens is 368 g/mol. The van der Waals surface area contributed by atoms with Gasteiger partial charge >= 0.3 is 5.63 Å². The predicted octanol–water partition coefficient (Wildman–Crippen LogP) is 2.43. The first kappa shape index (κ1) is 17.8. The van der Waals surface area contributed by atoms with Gasteiger partial charge in [-0.1, -0.05) is 0 Å². The number of hydrogen-bond donors (Lipinski definition) is 0. The van der Waals surface area contributed by atoms with Crippen molar-refractivity contribution in [3.05, 3.63) is 53.3 Å². The zero-order chi connectivity index (χ0) is 20.1. The Hall–Kier alpha value is -3.26. The van der Waals surface area contributed by atoms with E-state index in [1.165, 1.54) is 0 Å². The van der Waals surface area contributed by atoms with Gasteiger partial charge in [0.05, 0.1) is 11.3 Å². The summed E-state index contributed by atoms with van der Waals surface area (Å²) in [4.78, 5) is 30.5. The fraction of sp³-hybridized carbons (Fsp3) is 0.333. The van der Waals surface area contributed by atoms with Crippen LogP contribution in [-0.4, -0.2) is 56.5 Å². The molecule has 0 bridgehead atoms. The number of pyridine rings is 1. The molecule has 0 saturated carbocycles. The Morgan fingerprint density at radius 2 is 1.93 bits per heavy atom. The van der Waals surface area contributed by atoms with E-state index < -0.39 is 5.63 Å². The number of aromatic nitrogens is 4. The molecule has 0 aliphatic carbocycles. The van der Waals surface area contributed by atoms with Crippen molar-refractivity contribution in [1.29, 1.82) is 0 Å². The molecule has 1 aliphatic rings. The molecular formula is C21H22N6O2. The first-order valence-electron chi connectivity index (χ1n) is 9.71. The van der Waals surface area contributed by atoms with Crippen molar-refractivity contribution in [1.82, 2.24) is 24.3 Å². The van der Waals surface area contributed by atoms with Crippen LogP contribution in [0.1, 0.15) is 13.8 Å². The monoisotopic (exact) mass is 390 g/mol. The fourth-order valence-corrected chi connectivity index (χ4v) is 3.90. The summed E-state index contributed by atoms with van der Waals surface area (Å²) < 4.78 is 7.35. The van der Waals surface area contributed by atoms with Crippen LogP contribution in [0.2, 0.25) is 0 Å². The molecule has 8 nitrogen and oxygen atoms in total. The lowest BCUT2D eigenvalue weighted by molar-refractivity contribution is 0.169. The minimum absolute atomic E-state index is 0.345. The van der Waals surface area contributed by atoms with Gasteiger partial charge in [-0.15, -0.1) is 0 Å². The van der Waals surface area contributed by atoms with E-state index in [2.05, 4.69) is 45.6 Å². The molecule has 0 amide bonds. The number of rotatable bonds is 2. The van der Waals surface area contributed by atoms with Crippen LogP contribution in [0.15, 0.2) is 52.1 Å². The van der Waals surface area contributed by atoms with Gasteiger partial charge in [-0.05, 0) is 45.2 Å². The molecule has 148 valence electrons. The molecule has 2 atom stereocenters. The molecule has 0 unspecified atom stereocenters. The maximum atomic E-state index is 12.6. The molecule has 0 radical (unpaired) electrons. The molecule has 4 aromatic rings. The summed E-state index contributed by atoms with van der Waals surface area (Å²) in [5, 5.41) is 0.767. The Balaban J connectivity index is 1.53. The molecule has 5 heterocycles. The minimum atomic E-state index is -0.453. The summed E-state index contributed by atoms with van der Waals surface area (Å²) in [6.07, 6.45) is 5.28. The van der Waals surface area contributed by atoms with E-state index in [0.29, 0.717) is 34.8 Å². The lowest BCUT2D eigenvalue weighted by Crippen LogP contribution is -2.55. The summed E-state index contributed by atoms with van der Waals surface area (Å²) in [6, 6.07) is 8.39. The van der Waals surface area contributed by atoms with Gasteiger partial charge in [0.1, 0.15) is 5.82 Å². The van der Waals surface area contributed by atoms with Crippen LogP contribution >= 0.6 is 0 Å². The predicted molar refractivity (Wildman–Crippen MR) is 111 cm³/mol. The third kappa shape index (κ3) is 3.05. The smallest absolute Gasteiger partial charge is 0.347 e. The van der Waals surface area contributed by atoms with Crippen molar-refractivity contribution in [2.75, 3.05) is 25.0 Å². The number of hydrogen-bond acceptors (Lipinski definition) is 7. The van der Waals surface area contributed by atoms with Crippen LogP contribution in [0, 0.1) is 0 Å². The first-order valence-corrected chi connectivity index (χ1v) is 9.71. The summed E-state index contributed by atoms with van der Waals surface area (Å²) >= 11 is 0. The summed E-state index contributed by atoms with van der Waals surface area (Å²) in [6.45, 7) is 6.19. The zero-order valence-corrected chi connectivity index (χ0v) is 16.6. The standard InChI is InChI=1S/C21H22N6O2/c1-13-10-27(11-14(2)25(13)3)18-6-5-15-9-16(20(28)29-19(15)24-18)17-12-26-8-4-7-22-21(26)23-17/h4-9,12-14H,10-11H2,1-3H3/t13-,14+. The molecule has 4 aromatic heterocycles. The number of anilines is 1. The molecule has 5 rings (SSSR count). The molecule has 29 heavy (non-hydrogen) atoms. The van der Waals surface area contributed by atoms with E-state index in [4.69, 9.17) is 4.42 Å². The number of likely N-dealkylation sites (N-methyl/N-ethyl adjacent to an activating group) is 1. The molecule has 8 heteroatoms. The van der Waals surface area contributed by atoms with Gasteiger partial charge in [0.15, 0.2) is 0 Å². The Labute approximate surface area is 167 Å². The molecule has 0 aromatic carbocycles. The third-order valence-corrected chi connectivity index (χ3v) is 5.78. The largest absolute Gasteiger partial charge is 0.403 e. The highest BCUT2D eigenvalue weighted by Crippen LogP contribution is 2.24. The highest BCUT2D eigenvalue weighted by atomic mass is 16.4. The van der Waals surface area contributed by atoms with E-state index >= 15 is 0 Å². The molecule has 1 saturated heterocycles. The van der Waals surface area contributed by atoms with Crippen molar-refractivity contribution in [2.24, 2.45) is 0 Å². The Morgan fingerprint density at radius 1 is 1.14 bits per heavy atom. The van der Waals surface area contributed by atoms with E-state index in [9.17, 15) is 4.79 Å². The second-order valence-corrected chi connectivity index (χ2v) is 7.73. The van der Waals surface area contributed by atoms with Crippen LogP contribution in [0.3, 0.4) is 0 Å². The van der Waals surface area contributed by atoms with Crippen LogP contribution in [0.4, 0.5) is 5.82 Å². The number of nitrogens with zero attached hydrogens (tertiary/aromatic N) is 6. The second kappa shape index (κ2) is 6.66. The SMILES string of the molecule is C[C@@H]1CN(c2ccc3cc(-c4cn5cccnc5n4)c(=O)oc3n2)C[C@H](C)N1C. The summed E-state index contributed by atoms with van der Waals surface area (Å²) in [5.41, 5.74) is 0.826. The van der Waals surface area contributed by atoms with Gasteiger partial charge in [0.25, 0.3) is 0 Å². The zero-order valence-electron chi connectivity index (χ0n) is 16.6. The van der Waals surface area contributed by atoms with Gasteiger partial charge < -0.3 is 9.32 Å². The van der Waals surface area contributed by atoms with Gasteiger partial charge in [-0.3, -0.25) is 9.30 Å². The van der Waals surface area contributed by atoms with Crippen LogP contribution in [-0.2, 0) is 0 Å². The van der Waals surface area contributed by atoms with Crippen molar-refractivity contribution >= 4 is 22.7 Å². The van der Waals surface area contributed by atoms with Crippen molar-refractivity contribution in [3.63, 3.8) is 0 Å². The molecule has 0 spiro atoms. The molecule has 1 aliphatic heterocycles. The van der Waals surface area contributed by atoms with E-state index in [-0.39, 0.29) is 0 Å². The first-order chi connectivity index (χ1) is 14.0. The van der Waals surface area contributed by atoms with E-state index in [0.717, 1.165) is 24.3 Å². The highest BCUT2D eigenvalue weighted by molar-refractivity contribution is 5.80. The van der Waals surface area contributed by atoms with Gasteiger partial charge in [-0.25, -0.2) is 14.8 Å². The Morgan fingerprint density at radius 3 is 2.69 bits per heavy atom. The summed E-state index contributed by atoms with van der Waals surface area (Å²) in [5.74, 6) is 1.37. The quantitative estimate of drug-likeness (QED) is 0.520. The average molecular weight is 390 g/mol. The Bertz CT molecular complexity index is 1220. The average Bonchev–Trinajstić information content (AvgIpc) is 3.14. The number of fused-ring (bicyclic) bond motifs is 2. The lowest BCUT2D eigenvalue weighted by atomic mass is 10.1. The van der Waals surface area contributed by atoms with Gasteiger partial charge in [0.2, 0.25) is 11.5 Å². The van der Waals surface area contributed by atoms with Gasteiger partial charge in [0, 0.05) is 49.1 Å². The normalized spacial score (nSPS) is 20.6. The van der Waals surface area contributed by atoms with E-state index in [1.807, 2.05) is 24.4 Å². The summed E-state index contributed by atoms with van der Waals surface area (Å²) in [7, 11) is 2.15. The lowest BCUT2D eigenvalue weighted by Gasteiger charge is -2.42. The minimum Gasteiger partial charge on any atom is -0.403 e. The Kier molecular flexibility index (Phi) is 4.09. The third-order valence-electron chi connectivity index (χ3n) is 5.78. The number of piperazine rings is 1. The fourth-order valence-electron chi connectivity index (χ4n) is 3.90. The molecule has 0 N–H and O–H groups in total. The molecule has 1 fully saturated rings. The second-order valence-electron chi connectivity index (χ2n) is 7.73. The van der Waals surface area contributed by atoms with Crippen molar-refractivity contribution < 1.29 is 4.42 Å². The van der Waals surface area contributed by atoms with Crippen LogP contribution in [0.5, 0.6) is 0 Å². The van der Waals surface area contributed by atoms with Gasteiger partial charge in [-0.2, -0.15) is 4.98 Å². The topological polar surface area (TPSA) is 79.8 Å². The van der Waals surface area contributed by atoms with E-state index in [1.54, 1.807) is 22.9 Å². The van der Waals surface area contributed by atoms with Crippen LogP contribution < -0.4 is 10.5 Å².